The number of carbonyl (C=O) groups excluding carboxylic acids is 3. The number of nitrogens with zero attached hydrogens (tertiary/aromatic N) is 2. The summed E-state index contributed by atoms with van der Waals surface area (Å²) in [6.07, 6.45) is 0. The highest BCUT2D eigenvalue weighted by Crippen LogP contribution is 2.17. The second kappa shape index (κ2) is 8.44. The van der Waals surface area contributed by atoms with Crippen LogP contribution in [0.1, 0.15) is 22.8 Å². The van der Waals surface area contributed by atoms with Crippen LogP contribution in [0.5, 0.6) is 0 Å². The van der Waals surface area contributed by atoms with Gasteiger partial charge >= 0.3 is 5.97 Å². The number of esters is 1. The molecular formula is C19H17N3O4. The molecule has 2 rings (SSSR count). The van der Waals surface area contributed by atoms with E-state index in [9.17, 15) is 14.4 Å². The van der Waals surface area contributed by atoms with Gasteiger partial charge in [-0.05, 0) is 48.5 Å². The number of amides is 2. The Balaban J connectivity index is 2.09. The number of carbonyl (C=O) groups is 3. The maximum Gasteiger partial charge on any atom is 0.337 e. The molecule has 2 aromatic carbocycles. The Morgan fingerprint density at radius 2 is 1.69 bits per heavy atom. The third-order valence-corrected chi connectivity index (χ3v) is 3.58. The lowest BCUT2D eigenvalue weighted by atomic mass is 10.2. The first-order valence-corrected chi connectivity index (χ1v) is 7.71. The van der Waals surface area contributed by atoms with Gasteiger partial charge in [0.25, 0.3) is 0 Å². The molecule has 7 nitrogen and oxygen atoms in total. The average Bonchev–Trinajstić information content (AvgIpc) is 2.66. The number of anilines is 2. The number of hydrogen-bond acceptors (Lipinski definition) is 5. The van der Waals surface area contributed by atoms with E-state index in [1.165, 1.54) is 31.1 Å². The van der Waals surface area contributed by atoms with Gasteiger partial charge in [0.1, 0.15) is 6.54 Å². The fraction of sp³-hybridized carbons (Fsp3) is 0.158. The number of benzene rings is 2. The third-order valence-electron chi connectivity index (χ3n) is 3.58. The second-order valence-corrected chi connectivity index (χ2v) is 5.38. The minimum atomic E-state index is -0.482. The van der Waals surface area contributed by atoms with Gasteiger partial charge in [-0.15, -0.1) is 0 Å². The summed E-state index contributed by atoms with van der Waals surface area (Å²) in [6, 6.07) is 14.6. The van der Waals surface area contributed by atoms with E-state index in [0.717, 1.165) is 0 Å². The maximum atomic E-state index is 12.2. The summed E-state index contributed by atoms with van der Waals surface area (Å²) in [4.78, 5) is 36.9. The molecule has 0 saturated carbocycles. The molecule has 7 heteroatoms. The van der Waals surface area contributed by atoms with Gasteiger partial charge in [-0.3, -0.25) is 9.59 Å². The molecule has 26 heavy (non-hydrogen) atoms. The van der Waals surface area contributed by atoms with Crippen molar-refractivity contribution in [3.8, 4) is 6.07 Å². The van der Waals surface area contributed by atoms with Gasteiger partial charge in [0.2, 0.25) is 11.8 Å². The lowest BCUT2D eigenvalue weighted by molar-refractivity contribution is -0.120. The van der Waals surface area contributed by atoms with Crippen LogP contribution in [0, 0.1) is 11.3 Å². The van der Waals surface area contributed by atoms with E-state index in [4.69, 9.17) is 5.26 Å². The molecule has 0 unspecified atom stereocenters. The minimum Gasteiger partial charge on any atom is -0.465 e. The van der Waals surface area contributed by atoms with Crippen LogP contribution in [-0.4, -0.2) is 31.4 Å². The van der Waals surface area contributed by atoms with Gasteiger partial charge in [-0.2, -0.15) is 5.26 Å². The van der Waals surface area contributed by atoms with E-state index in [1.807, 2.05) is 6.07 Å². The van der Waals surface area contributed by atoms with Gasteiger partial charge < -0.3 is 15.0 Å². The molecule has 0 radical (unpaired) electrons. The van der Waals surface area contributed by atoms with Crippen molar-refractivity contribution >= 4 is 29.2 Å². The predicted molar refractivity (Wildman–Crippen MR) is 95.6 cm³/mol. The standard InChI is InChI=1S/C19H17N3O4/c1-13(23)22(17-9-5-15(6-10-17)19(25)26-2)12-18(24)21-16-7-3-14(11-20)4-8-16/h3-10H,12H2,1-2H3,(H,21,24). The highest BCUT2D eigenvalue weighted by Gasteiger charge is 2.16. The van der Waals surface area contributed by atoms with Crippen LogP contribution in [0.25, 0.3) is 0 Å². The molecule has 0 fully saturated rings. The largest absolute Gasteiger partial charge is 0.465 e. The molecule has 0 aliphatic carbocycles. The summed E-state index contributed by atoms with van der Waals surface area (Å²) >= 11 is 0. The molecule has 0 saturated heterocycles. The highest BCUT2D eigenvalue weighted by atomic mass is 16.5. The number of ether oxygens (including phenoxy) is 1. The van der Waals surface area contributed by atoms with Gasteiger partial charge in [-0.25, -0.2) is 4.79 Å². The average molecular weight is 351 g/mol. The van der Waals surface area contributed by atoms with Gasteiger partial charge in [0, 0.05) is 18.3 Å². The second-order valence-electron chi connectivity index (χ2n) is 5.38. The van der Waals surface area contributed by atoms with E-state index < -0.39 is 5.97 Å². The summed E-state index contributed by atoms with van der Waals surface area (Å²) in [5.74, 6) is -1.18. The fourth-order valence-corrected chi connectivity index (χ4v) is 2.25. The Morgan fingerprint density at radius 3 is 2.19 bits per heavy atom. The van der Waals surface area contributed by atoms with Crippen molar-refractivity contribution in [2.24, 2.45) is 0 Å². The molecule has 132 valence electrons. The molecule has 0 spiro atoms. The molecule has 0 bridgehead atoms. The number of nitrogens with one attached hydrogen (secondary N) is 1. The summed E-state index contributed by atoms with van der Waals surface area (Å²) < 4.78 is 4.63. The van der Waals surface area contributed by atoms with Crippen LogP contribution < -0.4 is 10.2 Å². The van der Waals surface area contributed by atoms with Gasteiger partial charge in [0.15, 0.2) is 0 Å². The SMILES string of the molecule is COC(=O)c1ccc(N(CC(=O)Nc2ccc(C#N)cc2)C(C)=O)cc1. The summed E-state index contributed by atoms with van der Waals surface area (Å²) in [5.41, 5.74) is 1.85. The van der Waals surface area contributed by atoms with Crippen molar-refractivity contribution in [2.45, 2.75) is 6.92 Å². The van der Waals surface area contributed by atoms with Crippen molar-refractivity contribution in [1.29, 1.82) is 5.26 Å². The Kier molecular flexibility index (Phi) is 6.06. The van der Waals surface area contributed by atoms with E-state index in [1.54, 1.807) is 36.4 Å². The fourth-order valence-electron chi connectivity index (χ4n) is 2.25. The smallest absolute Gasteiger partial charge is 0.337 e. The number of methoxy groups -OCH3 is 1. The van der Waals surface area contributed by atoms with Gasteiger partial charge in [-0.1, -0.05) is 0 Å². The first-order valence-electron chi connectivity index (χ1n) is 7.71. The Morgan fingerprint density at radius 1 is 1.08 bits per heavy atom. The number of rotatable bonds is 5. The van der Waals surface area contributed by atoms with Crippen LogP contribution in [0.4, 0.5) is 11.4 Å². The lowest BCUT2D eigenvalue weighted by Crippen LogP contribution is -2.36. The van der Waals surface area contributed by atoms with Crippen LogP contribution in [0.3, 0.4) is 0 Å². The lowest BCUT2D eigenvalue weighted by Gasteiger charge is -2.21. The summed E-state index contributed by atoms with van der Waals surface area (Å²) in [6.45, 7) is 1.16. The molecular weight excluding hydrogens is 334 g/mol. The molecule has 0 aromatic heterocycles. The molecule has 0 atom stereocenters. The predicted octanol–water partition coefficient (Wildman–Crippen LogP) is 2.34. The van der Waals surface area contributed by atoms with E-state index in [-0.39, 0.29) is 18.4 Å². The normalized spacial score (nSPS) is 9.73. The van der Waals surface area contributed by atoms with Crippen LogP contribution in [0.2, 0.25) is 0 Å². The molecule has 2 amide bonds. The quantitative estimate of drug-likeness (QED) is 0.834. The zero-order valence-corrected chi connectivity index (χ0v) is 14.4. The van der Waals surface area contributed by atoms with E-state index in [0.29, 0.717) is 22.5 Å². The summed E-state index contributed by atoms with van der Waals surface area (Å²) in [5, 5.41) is 11.4. The van der Waals surface area contributed by atoms with Crippen LogP contribution in [-0.2, 0) is 14.3 Å². The third kappa shape index (κ3) is 4.68. The molecule has 0 aliphatic heterocycles. The number of hydrogen-bond donors (Lipinski definition) is 1. The van der Waals surface area contributed by atoms with Crippen LogP contribution in [0.15, 0.2) is 48.5 Å². The maximum absolute atomic E-state index is 12.2. The van der Waals surface area contributed by atoms with Crippen molar-refractivity contribution in [1.82, 2.24) is 0 Å². The van der Waals surface area contributed by atoms with Crippen molar-refractivity contribution < 1.29 is 19.1 Å². The molecule has 2 aromatic rings. The first-order chi connectivity index (χ1) is 12.4. The van der Waals surface area contributed by atoms with Gasteiger partial charge in [0.05, 0.1) is 24.3 Å². The monoisotopic (exact) mass is 351 g/mol. The van der Waals surface area contributed by atoms with E-state index in [2.05, 4.69) is 10.1 Å². The zero-order chi connectivity index (χ0) is 19.1. The molecule has 0 heterocycles. The molecule has 1 N–H and O–H groups in total. The van der Waals surface area contributed by atoms with Crippen molar-refractivity contribution in [2.75, 3.05) is 23.9 Å². The van der Waals surface area contributed by atoms with Crippen LogP contribution >= 0.6 is 0 Å². The zero-order valence-electron chi connectivity index (χ0n) is 14.4. The Labute approximate surface area is 150 Å². The van der Waals surface area contributed by atoms with E-state index >= 15 is 0 Å². The number of nitriles is 1. The Bertz CT molecular complexity index is 852. The van der Waals surface area contributed by atoms with Crippen molar-refractivity contribution in [3.05, 3.63) is 59.7 Å². The minimum absolute atomic E-state index is 0.188. The highest BCUT2D eigenvalue weighted by molar-refractivity contribution is 6.02. The topological polar surface area (TPSA) is 99.5 Å². The Hall–Kier alpha value is -3.66. The molecule has 0 aliphatic rings. The van der Waals surface area contributed by atoms with Crippen molar-refractivity contribution in [3.63, 3.8) is 0 Å². The summed E-state index contributed by atoms with van der Waals surface area (Å²) in [7, 11) is 1.28. The first kappa shape index (κ1) is 18.7.